The second-order valence-corrected chi connectivity index (χ2v) is 5.06. The molecule has 1 aromatic heterocycles. The first kappa shape index (κ1) is 14.1. The lowest BCUT2D eigenvalue weighted by Gasteiger charge is -2.13. The monoisotopic (exact) mass is 293 g/mol. The molecule has 0 bridgehead atoms. The number of aromatic amines is 1. The van der Waals surface area contributed by atoms with E-state index < -0.39 is 5.97 Å². The van der Waals surface area contributed by atoms with Gasteiger partial charge >= 0.3 is 5.97 Å². The highest BCUT2D eigenvalue weighted by Gasteiger charge is 2.15. The number of carbonyl (C=O) groups excluding carboxylic acids is 1. The van der Waals surface area contributed by atoms with Gasteiger partial charge in [-0.3, -0.25) is 4.79 Å². The summed E-state index contributed by atoms with van der Waals surface area (Å²) in [6.45, 7) is 1.80. The molecule has 0 aliphatic rings. The van der Waals surface area contributed by atoms with E-state index in [2.05, 4.69) is 4.98 Å². The number of aromatic nitrogens is 1. The lowest BCUT2D eigenvalue weighted by Crippen LogP contribution is -2.16. The fourth-order valence-electron chi connectivity index (χ4n) is 2.34. The Kier molecular flexibility index (Phi) is 3.74. The van der Waals surface area contributed by atoms with Gasteiger partial charge in [-0.15, -0.1) is 0 Å². The quantitative estimate of drug-likeness (QED) is 0.752. The predicted octanol–water partition coefficient (Wildman–Crippen LogP) is 3.45. The number of hydrogen-bond donors (Lipinski definition) is 1. The van der Waals surface area contributed by atoms with Gasteiger partial charge in [-0.1, -0.05) is 48.5 Å². The Morgan fingerprint density at radius 3 is 2.50 bits per heavy atom. The third-order valence-electron chi connectivity index (χ3n) is 3.53. The van der Waals surface area contributed by atoms with Crippen molar-refractivity contribution in [2.45, 2.75) is 13.0 Å². The van der Waals surface area contributed by atoms with Crippen LogP contribution in [0.25, 0.3) is 10.8 Å². The van der Waals surface area contributed by atoms with Gasteiger partial charge in [0.25, 0.3) is 5.56 Å². The van der Waals surface area contributed by atoms with E-state index in [9.17, 15) is 9.59 Å². The van der Waals surface area contributed by atoms with Gasteiger partial charge in [-0.05, 0) is 30.0 Å². The molecule has 0 amide bonds. The van der Waals surface area contributed by atoms with E-state index in [4.69, 9.17) is 4.74 Å². The van der Waals surface area contributed by atoms with Crippen molar-refractivity contribution in [3.63, 3.8) is 0 Å². The number of fused-ring (bicyclic) bond motifs is 1. The lowest BCUT2D eigenvalue weighted by atomic mass is 10.1. The van der Waals surface area contributed by atoms with E-state index >= 15 is 0 Å². The van der Waals surface area contributed by atoms with Crippen molar-refractivity contribution in [1.29, 1.82) is 0 Å². The molecule has 2 aromatic carbocycles. The Morgan fingerprint density at radius 1 is 1.05 bits per heavy atom. The van der Waals surface area contributed by atoms with Crippen LogP contribution in [-0.2, 0) is 4.74 Å². The Labute approximate surface area is 127 Å². The number of hydrogen-bond acceptors (Lipinski definition) is 3. The molecule has 22 heavy (non-hydrogen) atoms. The number of pyridine rings is 1. The van der Waals surface area contributed by atoms with Crippen molar-refractivity contribution in [2.75, 3.05) is 0 Å². The van der Waals surface area contributed by atoms with Crippen molar-refractivity contribution in [3.8, 4) is 0 Å². The largest absolute Gasteiger partial charge is 0.453 e. The maximum absolute atomic E-state index is 12.2. The molecule has 0 unspecified atom stereocenters. The smallest absolute Gasteiger partial charge is 0.355 e. The van der Waals surface area contributed by atoms with Gasteiger partial charge < -0.3 is 9.72 Å². The van der Waals surface area contributed by atoms with Crippen LogP contribution in [0.3, 0.4) is 0 Å². The lowest BCUT2D eigenvalue weighted by molar-refractivity contribution is 0.0331. The number of ether oxygens (including phenoxy) is 1. The first-order valence-electron chi connectivity index (χ1n) is 7.03. The first-order chi connectivity index (χ1) is 10.6. The summed E-state index contributed by atoms with van der Waals surface area (Å²) in [5.41, 5.74) is 0.767. The Bertz CT molecular complexity index is 868. The highest BCUT2D eigenvalue weighted by molar-refractivity contribution is 5.93. The average molecular weight is 293 g/mol. The van der Waals surface area contributed by atoms with Gasteiger partial charge in [0, 0.05) is 5.39 Å². The summed E-state index contributed by atoms with van der Waals surface area (Å²) in [5, 5.41) is 1.26. The predicted molar refractivity (Wildman–Crippen MR) is 84.8 cm³/mol. The summed E-state index contributed by atoms with van der Waals surface area (Å²) < 4.78 is 5.42. The minimum absolute atomic E-state index is 0.159. The molecule has 0 aliphatic heterocycles. The van der Waals surface area contributed by atoms with Gasteiger partial charge in [0.05, 0.1) is 0 Å². The van der Waals surface area contributed by atoms with Crippen LogP contribution in [0.2, 0.25) is 0 Å². The molecule has 0 fully saturated rings. The van der Waals surface area contributed by atoms with Gasteiger partial charge in [0.2, 0.25) is 0 Å². The number of H-pyrrole nitrogens is 1. The molecule has 1 atom stereocenters. The maximum atomic E-state index is 12.2. The second-order valence-electron chi connectivity index (χ2n) is 5.06. The van der Waals surface area contributed by atoms with E-state index in [1.165, 1.54) is 0 Å². The molecule has 3 rings (SSSR count). The highest BCUT2D eigenvalue weighted by Crippen LogP contribution is 2.18. The molecular weight excluding hydrogens is 278 g/mol. The zero-order valence-corrected chi connectivity index (χ0v) is 12.1. The van der Waals surface area contributed by atoms with E-state index in [1.807, 2.05) is 36.4 Å². The van der Waals surface area contributed by atoms with Crippen molar-refractivity contribution in [3.05, 3.63) is 82.3 Å². The Hall–Kier alpha value is -2.88. The first-order valence-corrected chi connectivity index (χ1v) is 7.03. The molecule has 1 N–H and O–H groups in total. The van der Waals surface area contributed by atoms with E-state index in [1.54, 1.807) is 31.2 Å². The average Bonchev–Trinajstić information content (AvgIpc) is 2.55. The Balaban J connectivity index is 1.88. The minimum atomic E-state index is -0.542. The SMILES string of the molecule is C[C@H](OC(=O)c1cc2ccccc2c(=O)[nH]1)c1ccccc1. The third kappa shape index (κ3) is 2.76. The van der Waals surface area contributed by atoms with Crippen LogP contribution in [0.5, 0.6) is 0 Å². The molecule has 4 nitrogen and oxygen atoms in total. The molecule has 0 saturated carbocycles. The van der Waals surface area contributed by atoms with Crippen molar-refractivity contribution < 1.29 is 9.53 Å². The van der Waals surface area contributed by atoms with E-state index in [0.29, 0.717) is 10.8 Å². The normalized spacial score (nSPS) is 12.0. The van der Waals surface area contributed by atoms with Crippen molar-refractivity contribution >= 4 is 16.7 Å². The van der Waals surface area contributed by atoms with Gasteiger partial charge in [-0.25, -0.2) is 4.79 Å². The summed E-state index contributed by atoms with van der Waals surface area (Å²) in [5.74, 6) is -0.542. The topological polar surface area (TPSA) is 59.2 Å². The molecule has 0 spiro atoms. The van der Waals surface area contributed by atoms with Crippen molar-refractivity contribution in [2.24, 2.45) is 0 Å². The molecule has 110 valence electrons. The van der Waals surface area contributed by atoms with Crippen LogP contribution in [0.15, 0.2) is 65.5 Å². The van der Waals surface area contributed by atoms with Gasteiger partial charge in [0.1, 0.15) is 11.8 Å². The van der Waals surface area contributed by atoms with Crippen LogP contribution in [0, 0.1) is 0 Å². The van der Waals surface area contributed by atoms with Crippen LogP contribution < -0.4 is 5.56 Å². The van der Waals surface area contributed by atoms with Crippen molar-refractivity contribution in [1.82, 2.24) is 4.98 Å². The fourth-order valence-corrected chi connectivity index (χ4v) is 2.34. The number of esters is 1. The molecule has 3 aromatic rings. The maximum Gasteiger partial charge on any atom is 0.355 e. The molecule has 0 radical (unpaired) electrons. The summed E-state index contributed by atoms with van der Waals surface area (Å²) in [6.07, 6.45) is -0.385. The van der Waals surface area contributed by atoms with Gasteiger partial charge in [-0.2, -0.15) is 0 Å². The number of rotatable bonds is 3. The van der Waals surface area contributed by atoms with Gasteiger partial charge in [0.15, 0.2) is 0 Å². The second kappa shape index (κ2) is 5.85. The molecule has 0 aliphatic carbocycles. The Morgan fingerprint density at radius 2 is 1.73 bits per heavy atom. The van der Waals surface area contributed by atoms with E-state index in [0.717, 1.165) is 5.56 Å². The summed E-state index contributed by atoms with van der Waals surface area (Å²) in [7, 11) is 0. The zero-order valence-electron chi connectivity index (χ0n) is 12.1. The highest BCUT2D eigenvalue weighted by atomic mass is 16.5. The standard InChI is InChI=1S/C18H15NO3/c1-12(13-7-3-2-4-8-13)22-18(21)16-11-14-9-5-6-10-15(14)17(20)19-16/h2-12H,1H3,(H,19,20)/t12-/m0/s1. The van der Waals surface area contributed by atoms with Crippen LogP contribution in [0.4, 0.5) is 0 Å². The van der Waals surface area contributed by atoms with Crippen LogP contribution in [-0.4, -0.2) is 11.0 Å². The third-order valence-corrected chi connectivity index (χ3v) is 3.53. The van der Waals surface area contributed by atoms with Crippen LogP contribution >= 0.6 is 0 Å². The molecule has 0 saturated heterocycles. The molecular formula is C18H15NO3. The molecule has 1 heterocycles. The zero-order chi connectivity index (χ0) is 15.5. The summed E-state index contributed by atoms with van der Waals surface area (Å²) in [4.78, 5) is 26.8. The fraction of sp³-hybridized carbons (Fsp3) is 0.111. The number of nitrogens with one attached hydrogen (secondary N) is 1. The minimum Gasteiger partial charge on any atom is -0.453 e. The summed E-state index contributed by atoms with van der Waals surface area (Å²) in [6, 6.07) is 18.2. The van der Waals surface area contributed by atoms with E-state index in [-0.39, 0.29) is 17.4 Å². The number of benzene rings is 2. The summed E-state index contributed by atoms with van der Waals surface area (Å²) >= 11 is 0. The molecule has 4 heteroatoms. The number of carbonyl (C=O) groups is 1. The van der Waals surface area contributed by atoms with Crippen LogP contribution in [0.1, 0.15) is 29.1 Å².